The highest BCUT2D eigenvalue weighted by Crippen LogP contribution is 2.47. The monoisotopic (exact) mass is 226 g/mol. The highest BCUT2D eigenvalue weighted by molar-refractivity contribution is 9.09. The fourth-order valence-electron chi connectivity index (χ4n) is 1.05. The first-order valence-electron chi connectivity index (χ1n) is 3.21. The van der Waals surface area contributed by atoms with E-state index in [2.05, 4.69) is 15.9 Å². The van der Waals surface area contributed by atoms with Crippen molar-refractivity contribution in [2.75, 3.05) is 17.3 Å². The van der Waals surface area contributed by atoms with Crippen LogP contribution >= 0.6 is 15.9 Å². The first-order valence-corrected chi connectivity index (χ1v) is 6.39. The molecule has 0 heterocycles. The minimum atomic E-state index is -2.76. The molecule has 0 atom stereocenters. The van der Waals surface area contributed by atoms with E-state index in [9.17, 15) is 8.42 Å². The Bertz CT molecular complexity index is 216. The highest BCUT2D eigenvalue weighted by atomic mass is 79.9. The third-order valence-electron chi connectivity index (χ3n) is 1.81. The third-order valence-corrected chi connectivity index (χ3v) is 4.14. The molecule has 1 saturated carbocycles. The molecule has 1 rings (SSSR count). The molecule has 0 aromatic heterocycles. The zero-order valence-corrected chi connectivity index (χ0v) is 8.33. The molecule has 1 fully saturated rings. The largest absolute Gasteiger partial charge is 0.229 e. The molecule has 0 aromatic rings. The second-order valence-electron chi connectivity index (χ2n) is 3.20. The maximum atomic E-state index is 10.8. The first kappa shape index (κ1) is 8.53. The Labute approximate surface area is 70.1 Å². The SMILES string of the molecule is CS(=O)(=O)CC1(CBr)CC1. The normalized spacial score (nSPS) is 22.6. The van der Waals surface area contributed by atoms with E-state index in [0.717, 1.165) is 18.2 Å². The van der Waals surface area contributed by atoms with Crippen LogP contribution in [0.2, 0.25) is 0 Å². The summed E-state index contributed by atoms with van der Waals surface area (Å²) in [6.07, 6.45) is 3.42. The van der Waals surface area contributed by atoms with Gasteiger partial charge in [-0.05, 0) is 18.3 Å². The van der Waals surface area contributed by atoms with Gasteiger partial charge in [0.2, 0.25) is 0 Å². The molecule has 10 heavy (non-hydrogen) atoms. The number of halogens is 1. The van der Waals surface area contributed by atoms with Gasteiger partial charge < -0.3 is 0 Å². The minimum Gasteiger partial charge on any atom is -0.229 e. The summed E-state index contributed by atoms with van der Waals surface area (Å²) in [4.78, 5) is 0. The number of rotatable bonds is 3. The fraction of sp³-hybridized carbons (Fsp3) is 1.00. The summed E-state index contributed by atoms with van der Waals surface area (Å²) in [6.45, 7) is 0. The zero-order valence-electron chi connectivity index (χ0n) is 5.93. The summed E-state index contributed by atoms with van der Waals surface area (Å²) >= 11 is 3.32. The molecule has 1 aliphatic carbocycles. The number of sulfone groups is 1. The van der Waals surface area contributed by atoms with Crippen LogP contribution in [-0.4, -0.2) is 25.8 Å². The summed E-state index contributed by atoms with van der Waals surface area (Å²) in [5, 5.41) is 0.826. The molecule has 0 unspecified atom stereocenters. The molecule has 1 aliphatic rings. The topological polar surface area (TPSA) is 34.1 Å². The van der Waals surface area contributed by atoms with Crippen LogP contribution in [0.25, 0.3) is 0 Å². The second-order valence-corrected chi connectivity index (χ2v) is 5.90. The van der Waals surface area contributed by atoms with Gasteiger partial charge in [-0.25, -0.2) is 8.42 Å². The molecular weight excluding hydrogens is 216 g/mol. The van der Waals surface area contributed by atoms with Crippen molar-refractivity contribution in [1.29, 1.82) is 0 Å². The van der Waals surface area contributed by atoms with Crippen molar-refractivity contribution in [1.82, 2.24) is 0 Å². The van der Waals surface area contributed by atoms with Gasteiger partial charge in [0.1, 0.15) is 9.84 Å². The third kappa shape index (κ3) is 2.23. The smallest absolute Gasteiger partial charge is 0.148 e. The molecule has 0 aliphatic heterocycles. The first-order chi connectivity index (χ1) is 4.47. The van der Waals surface area contributed by atoms with Crippen LogP contribution in [0.4, 0.5) is 0 Å². The van der Waals surface area contributed by atoms with Gasteiger partial charge in [-0.3, -0.25) is 0 Å². The number of alkyl halides is 1. The van der Waals surface area contributed by atoms with E-state index >= 15 is 0 Å². The lowest BCUT2D eigenvalue weighted by molar-refractivity contribution is 0.577. The zero-order chi connectivity index (χ0) is 7.83. The van der Waals surface area contributed by atoms with Gasteiger partial charge in [0.05, 0.1) is 5.75 Å². The van der Waals surface area contributed by atoms with Gasteiger partial charge in [-0.2, -0.15) is 0 Å². The molecule has 2 nitrogen and oxygen atoms in total. The second kappa shape index (κ2) is 2.48. The van der Waals surface area contributed by atoms with Crippen LogP contribution in [-0.2, 0) is 9.84 Å². The lowest BCUT2D eigenvalue weighted by atomic mass is 10.2. The summed E-state index contributed by atoms with van der Waals surface area (Å²) < 4.78 is 21.6. The van der Waals surface area contributed by atoms with Crippen LogP contribution in [0.3, 0.4) is 0 Å². The van der Waals surface area contributed by atoms with Crippen molar-refractivity contribution < 1.29 is 8.42 Å². The number of hydrogen-bond donors (Lipinski definition) is 0. The van der Waals surface area contributed by atoms with Crippen molar-refractivity contribution in [3.05, 3.63) is 0 Å². The van der Waals surface area contributed by atoms with Crippen LogP contribution in [0, 0.1) is 5.41 Å². The predicted octanol–water partition coefficient (Wildman–Crippen LogP) is 1.21. The Balaban J connectivity index is 2.54. The Morgan fingerprint density at radius 1 is 1.50 bits per heavy atom. The van der Waals surface area contributed by atoms with E-state index in [-0.39, 0.29) is 5.41 Å². The lowest BCUT2D eigenvalue weighted by Crippen LogP contribution is -2.16. The predicted molar refractivity (Wildman–Crippen MR) is 45.2 cm³/mol. The van der Waals surface area contributed by atoms with E-state index in [1.165, 1.54) is 6.26 Å². The quantitative estimate of drug-likeness (QED) is 0.679. The molecule has 60 valence electrons. The van der Waals surface area contributed by atoms with Gasteiger partial charge in [0.15, 0.2) is 0 Å². The average molecular weight is 227 g/mol. The van der Waals surface area contributed by atoms with Gasteiger partial charge >= 0.3 is 0 Å². The van der Waals surface area contributed by atoms with Gasteiger partial charge in [0, 0.05) is 11.6 Å². The molecule has 0 bridgehead atoms. The van der Waals surface area contributed by atoms with Crippen molar-refractivity contribution in [2.24, 2.45) is 5.41 Å². The molecular formula is C6H11BrO2S. The summed E-state index contributed by atoms with van der Waals surface area (Å²) in [5.74, 6) is 0.352. The Morgan fingerprint density at radius 2 is 2.00 bits per heavy atom. The van der Waals surface area contributed by atoms with E-state index in [4.69, 9.17) is 0 Å². The summed E-state index contributed by atoms with van der Waals surface area (Å²) in [7, 11) is -2.76. The van der Waals surface area contributed by atoms with Crippen molar-refractivity contribution >= 4 is 25.8 Å². The van der Waals surface area contributed by atoms with Crippen LogP contribution in [0.15, 0.2) is 0 Å². The molecule has 0 amide bonds. The lowest BCUT2D eigenvalue weighted by Gasteiger charge is -2.07. The number of hydrogen-bond acceptors (Lipinski definition) is 2. The summed E-state index contributed by atoms with van der Waals surface area (Å²) in [5.41, 5.74) is 0.105. The van der Waals surface area contributed by atoms with Crippen molar-refractivity contribution in [3.63, 3.8) is 0 Å². The van der Waals surface area contributed by atoms with Gasteiger partial charge in [-0.15, -0.1) is 0 Å². The Kier molecular flexibility index (Phi) is 2.12. The fourth-order valence-corrected chi connectivity index (χ4v) is 3.57. The molecule has 0 N–H and O–H groups in total. The van der Waals surface area contributed by atoms with Gasteiger partial charge in [0.25, 0.3) is 0 Å². The van der Waals surface area contributed by atoms with E-state index in [1.807, 2.05) is 0 Å². The average Bonchev–Trinajstić information content (AvgIpc) is 2.45. The molecule has 0 aromatic carbocycles. The van der Waals surface area contributed by atoms with Crippen LogP contribution in [0.5, 0.6) is 0 Å². The standard InChI is InChI=1S/C6H11BrO2S/c1-10(8,9)5-6(4-7)2-3-6/h2-5H2,1H3. The molecule has 0 spiro atoms. The van der Waals surface area contributed by atoms with Crippen molar-refractivity contribution in [2.45, 2.75) is 12.8 Å². The highest BCUT2D eigenvalue weighted by Gasteiger charge is 2.43. The maximum Gasteiger partial charge on any atom is 0.148 e. The minimum absolute atomic E-state index is 0.105. The molecule has 4 heteroatoms. The molecule has 0 radical (unpaired) electrons. The molecule has 0 saturated heterocycles. The Morgan fingerprint density at radius 3 is 2.10 bits per heavy atom. The van der Waals surface area contributed by atoms with Crippen molar-refractivity contribution in [3.8, 4) is 0 Å². The van der Waals surface area contributed by atoms with Crippen LogP contribution < -0.4 is 0 Å². The van der Waals surface area contributed by atoms with E-state index in [1.54, 1.807) is 0 Å². The van der Waals surface area contributed by atoms with E-state index in [0.29, 0.717) is 5.75 Å². The summed E-state index contributed by atoms with van der Waals surface area (Å²) in [6, 6.07) is 0. The van der Waals surface area contributed by atoms with E-state index < -0.39 is 9.84 Å². The Hall–Kier alpha value is 0.430. The van der Waals surface area contributed by atoms with Crippen LogP contribution in [0.1, 0.15) is 12.8 Å². The van der Waals surface area contributed by atoms with Gasteiger partial charge in [-0.1, -0.05) is 15.9 Å². The maximum absolute atomic E-state index is 10.8.